The molecule has 1 unspecified atom stereocenters. The van der Waals surface area contributed by atoms with Crippen LogP contribution in [-0.4, -0.2) is 42.5 Å². The molecule has 0 aromatic carbocycles. The van der Waals surface area contributed by atoms with Crippen LogP contribution >= 0.6 is 0 Å². The van der Waals surface area contributed by atoms with Gasteiger partial charge in [-0.05, 0) is 19.3 Å². The van der Waals surface area contributed by atoms with Crippen molar-refractivity contribution in [2.24, 2.45) is 7.05 Å². The highest BCUT2D eigenvalue weighted by atomic mass is 19.1. The summed E-state index contributed by atoms with van der Waals surface area (Å²) in [6.07, 6.45) is 1.98. The first-order valence-electron chi connectivity index (χ1n) is 6.30. The maximum absolute atomic E-state index is 13.5. The van der Waals surface area contributed by atoms with Crippen molar-refractivity contribution in [2.45, 2.75) is 31.5 Å². The number of rotatable bonds is 2. The molecule has 1 N–H and O–H groups in total. The summed E-state index contributed by atoms with van der Waals surface area (Å²) in [5, 5.41) is 9.97. The molecule has 0 spiro atoms. The number of aryl methyl sites for hydroxylation is 1. The normalized spacial score (nSPS) is 22.3. The van der Waals surface area contributed by atoms with E-state index in [9.17, 15) is 14.0 Å². The summed E-state index contributed by atoms with van der Waals surface area (Å²) in [6, 6.07) is -0.501. The van der Waals surface area contributed by atoms with Gasteiger partial charge in [-0.15, -0.1) is 5.10 Å². The van der Waals surface area contributed by atoms with Gasteiger partial charge in [-0.25, -0.2) is 18.6 Å². The third kappa shape index (κ3) is 1.95. The smallest absolute Gasteiger partial charge is 0.345 e. The van der Waals surface area contributed by atoms with Crippen molar-refractivity contribution in [3.8, 4) is 0 Å². The minimum absolute atomic E-state index is 0.0192. The average molecular weight is 280 g/mol. The fraction of sp³-hybridized carbons (Fsp3) is 0.545. The maximum atomic E-state index is 13.5. The molecule has 1 amide bonds. The fourth-order valence-electron chi connectivity index (χ4n) is 2.36. The molecular weight excluding hydrogens is 267 g/mol. The zero-order chi connectivity index (χ0) is 14.3. The van der Waals surface area contributed by atoms with Gasteiger partial charge in [0, 0.05) is 7.05 Å². The Morgan fingerprint density at radius 1 is 1.50 bits per heavy atom. The lowest BCUT2D eigenvalue weighted by atomic mass is 10.2. The van der Waals surface area contributed by atoms with Gasteiger partial charge in [0.05, 0.1) is 6.04 Å². The van der Waals surface area contributed by atoms with Crippen LogP contribution in [0.15, 0.2) is 11.1 Å². The lowest BCUT2D eigenvalue weighted by molar-refractivity contribution is 0.0916. The second kappa shape index (κ2) is 4.66. The van der Waals surface area contributed by atoms with Crippen LogP contribution in [0.4, 0.5) is 4.39 Å². The Hall–Kier alpha value is -2.32. The number of alkyl halides is 1. The van der Waals surface area contributed by atoms with Crippen molar-refractivity contribution in [3.05, 3.63) is 22.5 Å². The molecule has 0 bridgehead atoms. The van der Waals surface area contributed by atoms with E-state index >= 15 is 0 Å². The average Bonchev–Trinajstić information content (AvgIpc) is 3.01. The number of hydrogen-bond donors (Lipinski definition) is 1. The highest BCUT2D eigenvalue weighted by molar-refractivity contribution is 5.98. The van der Waals surface area contributed by atoms with Crippen LogP contribution in [0.5, 0.6) is 0 Å². The monoisotopic (exact) mass is 280 g/mol. The molecule has 20 heavy (non-hydrogen) atoms. The number of imidazole rings is 1. The maximum Gasteiger partial charge on any atom is 0.352 e. The molecule has 1 aliphatic carbocycles. The van der Waals surface area contributed by atoms with Crippen LogP contribution < -0.4 is 11.0 Å². The van der Waals surface area contributed by atoms with E-state index in [-0.39, 0.29) is 11.3 Å². The molecule has 106 valence electrons. The molecule has 1 saturated carbocycles. The molecule has 3 rings (SSSR count). The Bertz CT molecular complexity index is 723. The number of carbonyl (C=O) groups is 1. The lowest BCUT2D eigenvalue weighted by Gasteiger charge is -2.13. The molecular formula is C11H13FN6O2. The predicted octanol–water partition coefficient (Wildman–Crippen LogP) is -0.557. The van der Waals surface area contributed by atoms with Crippen molar-refractivity contribution < 1.29 is 9.18 Å². The lowest BCUT2D eigenvalue weighted by Crippen LogP contribution is -2.38. The van der Waals surface area contributed by atoms with E-state index in [0.29, 0.717) is 12.8 Å². The molecule has 2 atom stereocenters. The van der Waals surface area contributed by atoms with Crippen LogP contribution in [0.3, 0.4) is 0 Å². The van der Waals surface area contributed by atoms with Crippen molar-refractivity contribution in [1.29, 1.82) is 0 Å². The SMILES string of the molecule is Cn1nnc2c(C(=O)N[C@H]3CCCC3F)ncn2c1=O. The zero-order valence-electron chi connectivity index (χ0n) is 10.8. The topological polar surface area (TPSA) is 94.2 Å². The number of nitrogens with one attached hydrogen (secondary N) is 1. The van der Waals surface area contributed by atoms with E-state index in [2.05, 4.69) is 20.6 Å². The summed E-state index contributed by atoms with van der Waals surface area (Å²) in [6.45, 7) is 0. The standard InChI is InChI=1S/C11H13FN6O2/c1-17-11(20)18-5-13-8(9(18)15-16-17)10(19)14-7-4-2-3-6(7)12/h5-7H,2-4H2,1H3,(H,14,19)/t6?,7-/m0/s1. The van der Waals surface area contributed by atoms with Crippen LogP contribution in [0.2, 0.25) is 0 Å². The Labute approximate surface area is 112 Å². The van der Waals surface area contributed by atoms with Gasteiger partial charge in [0.1, 0.15) is 12.5 Å². The number of halogens is 1. The predicted molar refractivity (Wildman–Crippen MR) is 66.0 cm³/mol. The highest BCUT2D eigenvalue weighted by Crippen LogP contribution is 2.22. The van der Waals surface area contributed by atoms with E-state index in [1.54, 1.807) is 0 Å². The van der Waals surface area contributed by atoms with Crippen molar-refractivity contribution in [1.82, 2.24) is 29.7 Å². The molecule has 9 heteroatoms. The third-order valence-electron chi connectivity index (χ3n) is 3.46. The van der Waals surface area contributed by atoms with E-state index in [1.807, 2.05) is 0 Å². The van der Waals surface area contributed by atoms with Crippen molar-refractivity contribution in [2.75, 3.05) is 0 Å². The van der Waals surface area contributed by atoms with Gasteiger partial charge in [-0.3, -0.25) is 4.79 Å². The molecule has 2 aromatic rings. The zero-order valence-corrected chi connectivity index (χ0v) is 10.8. The van der Waals surface area contributed by atoms with E-state index in [0.717, 1.165) is 15.5 Å². The van der Waals surface area contributed by atoms with Gasteiger partial charge in [0.2, 0.25) is 0 Å². The Morgan fingerprint density at radius 2 is 2.30 bits per heavy atom. The van der Waals surface area contributed by atoms with Crippen LogP contribution in [0.25, 0.3) is 5.65 Å². The number of aromatic nitrogens is 5. The van der Waals surface area contributed by atoms with E-state index in [1.165, 1.54) is 13.4 Å². The first-order valence-corrected chi connectivity index (χ1v) is 6.30. The van der Waals surface area contributed by atoms with Gasteiger partial charge in [0.15, 0.2) is 11.3 Å². The number of fused-ring (bicyclic) bond motifs is 1. The van der Waals surface area contributed by atoms with E-state index in [4.69, 9.17) is 0 Å². The Morgan fingerprint density at radius 3 is 3.00 bits per heavy atom. The molecule has 1 aliphatic rings. The van der Waals surface area contributed by atoms with Crippen LogP contribution in [0, 0.1) is 0 Å². The van der Waals surface area contributed by atoms with E-state index < -0.39 is 23.8 Å². The molecule has 0 saturated heterocycles. The summed E-state index contributed by atoms with van der Waals surface area (Å²) in [5.41, 5.74) is -0.404. The van der Waals surface area contributed by atoms with Gasteiger partial charge < -0.3 is 5.32 Å². The number of nitrogens with zero attached hydrogens (tertiary/aromatic N) is 5. The number of amides is 1. The molecule has 0 radical (unpaired) electrons. The van der Waals surface area contributed by atoms with Gasteiger partial charge in [-0.1, -0.05) is 5.21 Å². The highest BCUT2D eigenvalue weighted by Gasteiger charge is 2.29. The molecule has 8 nitrogen and oxygen atoms in total. The first kappa shape index (κ1) is 12.7. The van der Waals surface area contributed by atoms with Crippen LogP contribution in [-0.2, 0) is 7.05 Å². The minimum atomic E-state index is -1.04. The molecule has 2 aromatic heterocycles. The summed E-state index contributed by atoms with van der Waals surface area (Å²) in [4.78, 5) is 27.7. The number of carbonyl (C=O) groups excluding carboxylic acids is 1. The van der Waals surface area contributed by atoms with Crippen molar-refractivity contribution >= 4 is 11.6 Å². The van der Waals surface area contributed by atoms with Crippen molar-refractivity contribution in [3.63, 3.8) is 0 Å². The Balaban J connectivity index is 1.92. The van der Waals surface area contributed by atoms with Gasteiger partial charge >= 0.3 is 5.69 Å². The summed E-state index contributed by atoms with van der Waals surface area (Å²) < 4.78 is 15.7. The summed E-state index contributed by atoms with van der Waals surface area (Å²) in [5.74, 6) is -0.537. The van der Waals surface area contributed by atoms with Crippen LogP contribution in [0.1, 0.15) is 29.8 Å². The quantitative estimate of drug-likeness (QED) is 0.796. The first-order chi connectivity index (χ1) is 9.58. The summed E-state index contributed by atoms with van der Waals surface area (Å²) in [7, 11) is 1.45. The second-order valence-electron chi connectivity index (χ2n) is 4.81. The molecule has 0 aliphatic heterocycles. The number of hydrogen-bond acceptors (Lipinski definition) is 5. The minimum Gasteiger partial charge on any atom is -0.345 e. The van der Waals surface area contributed by atoms with Gasteiger partial charge in [-0.2, -0.15) is 4.68 Å². The molecule has 1 fully saturated rings. The summed E-state index contributed by atoms with van der Waals surface area (Å²) >= 11 is 0. The third-order valence-corrected chi connectivity index (χ3v) is 3.46. The fourth-order valence-corrected chi connectivity index (χ4v) is 2.36. The van der Waals surface area contributed by atoms with Gasteiger partial charge in [0.25, 0.3) is 5.91 Å². The Kier molecular flexibility index (Phi) is 2.96. The molecule has 2 heterocycles. The second-order valence-corrected chi connectivity index (χ2v) is 4.81. The largest absolute Gasteiger partial charge is 0.352 e.